The number of likely N-dealkylation sites (tertiary alicyclic amines) is 1. The molecule has 1 aromatic rings. The van der Waals surface area contributed by atoms with Crippen LogP contribution in [-0.4, -0.2) is 29.9 Å². The molecule has 0 spiro atoms. The molecule has 1 fully saturated rings. The number of fused-ring (bicyclic) bond motifs is 1. The second kappa shape index (κ2) is 5.80. The van der Waals surface area contributed by atoms with E-state index in [4.69, 9.17) is 0 Å². The van der Waals surface area contributed by atoms with Crippen molar-refractivity contribution in [3.63, 3.8) is 0 Å². The van der Waals surface area contributed by atoms with Gasteiger partial charge in [0.05, 0.1) is 6.04 Å². The van der Waals surface area contributed by atoms with Crippen LogP contribution in [0, 0.1) is 5.41 Å². The van der Waals surface area contributed by atoms with Crippen LogP contribution in [0.25, 0.3) is 0 Å². The lowest BCUT2D eigenvalue weighted by molar-refractivity contribution is -0.133. The fourth-order valence-corrected chi connectivity index (χ4v) is 3.49. The number of carbonyl (C=O) groups excluding carboxylic acids is 1. The Morgan fingerprint density at radius 2 is 1.95 bits per heavy atom. The lowest BCUT2D eigenvalue weighted by Gasteiger charge is -2.31. The van der Waals surface area contributed by atoms with Crippen LogP contribution in [-0.2, 0) is 17.8 Å². The number of carbonyl (C=O) groups is 1. The van der Waals surface area contributed by atoms with E-state index in [0.29, 0.717) is 11.3 Å². The molecule has 0 saturated carbocycles. The fraction of sp³-hybridized carbons (Fsp3) is 0.611. The minimum absolute atomic E-state index is 0.0406. The summed E-state index contributed by atoms with van der Waals surface area (Å²) in [5.74, 6) is 0.294. The molecule has 3 nitrogen and oxygen atoms in total. The topological polar surface area (TPSA) is 32.3 Å². The highest BCUT2D eigenvalue weighted by Gasteiger charge is 2.31. The van der Waals surface area contributed by atoms with Crippen molar-refractivity contribution in [2.24, 2.45) is 5.41 Å². The van der Waals surface area contributed by atoms with Gasteiger partial charge in [-0.05, 0) is 42.2 Å². The van der Waals surface area contributed by atoms with Crippen LogP contribution in [0.4, 0.5) is 0 Å². The highest BCUT2D eigenvalue weighted by atomic mass is 16.2. The van der Waals surface area contributed by atoms with Gasteiger partial charge in [-0.2, -0.15) is 0 Å². The van der Waals surface area contributed by atoms with Crippen molar-refractivity contribution in [1.82, 2.24) is 10.2 Å². The highest BCUT2D eigenvalue weighted by molar-refractivity contribution is 5.82. The first kappa shape index (κ1) is 14.6. The number of hydrogen-bond donors (Lipinski definition) is 1. The summed E-state index contributed by atoms with van der Waals surface area (Å²) in [5, 5.41) is 3.42. The molecule has 0 aliphatic carbocycles. The summed E-state index contributed by atoms with van der Waals surface area (Å²) in [4.78, 5) is 14.9. The Labute approximate surface area is 127 Å². The van der Waals surface area contributed by atoms with E-state index in [2.05, 4.69) is 48.3 Å². The predicted octanol–water partition coefficient (Wildman–Crippen LogP) is 2.74. The van der Waals surface area contributed by atoms with Gasteiger partial charge in [0.2, 0.25) is 5.91 Å². The van der Waals surface area contributed by atoms with Crippen molar-refractivity contribution < 1.29 is 4.79 Å². The average Bonchev–Trinajstić information content (AvgIpc) is 2.67. The third-order valence-corrected chi connectivity index (χ3v) is 5.03. The molecule has 2 aliphatic rings. The van der Waals surface area contributed by atoms with E-state index in [0.717, 1.165) is 38.9 Å². The Kier molecular flexibility index (Phi) is 4.03. The van der Waals surface area contributed by atoms with Gasteiger partial charge < -0.3 is 10.2 Å². The van der Waals surface area contributed by atoms with Crippen LogP contribution in [0.3, 0.4) is 0 Å². The third-order valence-electron chi connectivity index (χ3n) is 5.03. The van der Waals surface area contributed by atoms with Gasteiger partial charge in [0.15, 0.2) is 0 Å². The van der Waals surface area contributed by atoms with E-state index in [9.17, 15) is 4.79 Å². The van der Waals surface area contributed by atoms with Gasteiger partial charge in [-0.15, -0.1) is 0 Å². The van der Waals surface area contributed by atoms with Gasteiger partial charge in [0.1, 0.15) is 0 Å². The minimum Gasteiger partial charge on any atom is -0.341 e. The molecule has 1 amide bonds. The summed E-state index contributed by atoms with van der Waals surface area (Å²) in [6.07, 6.45) is 4.29. The zero-order valence-electron chi connectivity index (χ0n) is 13.2. The van der Waals surface area contributed by atoms with Crippen LogP contribution in [0.15, 0.2) is 24.3 Å². The zero-order chi connectivity index (χ0) is 14.9. The normalized spacial score (nSPS) is 25.0. The van der Waals surface area contributed by atoms with Gasteiger partial charge >= 0.3 is 0 Å². The molecular weight excluding hydrogens is 260 g/mol. The molecule has 1 N–H and O–H groups in total. The number of hydrogen-bond acceptors (Lipinski definition) is 2. The molecule has 114 valence electrons. The van der Waals surface area contributed by atoms with Crippen molar-refractivity contribution in [3.8, 4) is 0 Å². The lowest BCUT2D eigenvalue weighted by Crippen LogP contribution is -2.49. The molecule has 3 heteroatoms. The molecule has 1 atom stereocenters. The van der Waals surface area contributed by atoms with Gasteiger partial charge in [-0.25, -0.2) is 0 Å². The average molecular weight is 286 g/mol. The number of nitrogens with zero attached hydrogens (tertiary/aromatic N) is 1. The molecule has 0 aromatic heterocycles. The third kappa shape index (κ3) is 3.29. The first-order valence-electron chi connectivity index (χ1n) is 8.14. The van der Waals surface area contributed by atoms with Crippen molar-refractivity contribution in [2.75, 3.05) is 13.1 Å². The van der Waals surface area contributed by atoms with Crippen molar-refractivity contribution in [2.45, 2.75) is 52.1 Å². The first-order valence-corrected chi connectivity index (χ1v) is 8.14. The van der Waals surface area contributed by atoms with E-state index in [-0.39, 0.29) is 6.04 Å². The number of benzene rings is 1. The Morgan fingerprint density at radius 3 is 2.76 bits per heavy atom. The molecule has 2 heterocycles. The molecule has 21 heavy (non-hydrogen) atoms. The maximum absolute atomic E-state index is 12.8. The van der Waals surface area contributed by atoms with Crippen LogP contribution in [0.1, 0.15) is 44.2 Å². The lowest BCUT2D eigenvalue weighted by atomic mass is 9.85. The molecule has 1 unspecified atom stereocenters. The van der Waals surface area contributed by atoms with Crippen LogP contribution in [0.2, 0.25) is 0 Å². The summed E-state index contributed by atoms with van der Waals surface area (Å²) < 4.78 is 0. The highest BCUT2D eigenvalue weighted by Crippen LogP contribution is 2.30. The number of amides is 1. The molecule has 0 bridgehead atoms. The van der Waals surface area contributed by atoms with Gasteiger partial charge in [0, 0.05) is 19.6 Å². The van der Waals surface area contributed by atoms with Crippen molar-refractivity contribution in [3.05, 3.63) is 35.4 Å². The summed E-state index contributed by atoms with van der Waals surface area (Å²) in [5.41, 5.74) is 3.03. The monoisotopic (exact) mass is 286 g/mol. The molecule has 3 rings (SSSR count). The maximum atomic E-state index is 12.8. The summed E-state index contributed by atoms with van der Waals surface area (Å²) >= 11 is 0. The van der Waals surface area contributed by atoms with Crippen LogP contribution < -0.4 is 5.32 Å². The second-order valence-corrected chi connectivity index (χ2v) is 7.25. The summed E-state index contributed by atoms with van der Waals surface area (Å²) in [6, 6.07) is 8.40. The summed E-state index contributed by atoms with van der Waals surface area (Å²) in [7, 11) is 0. The molecule has 1 aromatic carbocycles. The smallest absolute Gasteiger partial charge is 0.240 e. The largest absolute Gasteiger partial charge is 0.341 e. The van der Waals surface area contributed by atoms with Crippen molar-refractivity contribution in [1.29, 1.82) is 0 Å². The Balaban J connectivity index is 1.66. The Morgan fingerprint density at radius 1 is 1.19 bits per heavy atom. The molecule has 0 radical (unpaired) electrons. The Bertz CT molecular complexity index is 524. The maximum Gasteiger partial charge on any atom is 0.240 e. The number of rotatable bonds is 1. The predicted molar refractivity (Wildman–Crippen MR) is 85.0 cm³/mol. The van der Waals surface area contributed by atoms with Gasteiger partial charge in [0.25, 0.3) is 0 Å². The second-order valence-electron chi connectivity index (χ2n) is 7.25. The number of nitrogens with one attached hydrogen (secondary N) is 1. The van der Waals surface area contributed by atoms with E-state index in [1.54, 1.807) is 0 Å². The first-order chi connectivity index (χ1) is 10.1. The van der Waals surface area contributed by atoms with Crippen LogP contribution in [0.5, 0.6) is 0 Å². The summed E-state index contributed by atoms with van der Waals surface area (Å²) in [6.45, 7) is 7.27. The molecular formula is C18H26N2O. The van der Waals surface area contributed by atoms with Gasteiger partial charge in [-0.3, -0.25) is 4.79 Å². The standard InChI is InChI=1S/C18H26N2O/c1-18(2)8-5-10-20(11-9-18)17(21)16-12-14-6-3-4-7-15(14)13-19-16/h3-4,6-7,16,19H,5,8-13H2,1-2H3. The molecule has 2 aliphatic heterocycles. The SMILES string of the molecule is CC1(C)CCCN(C(=O)C2Cc3ccccc3CN2)CC1. The van der Waals surface area contributed by atoms with Gasteiger partial charge in [-0.1, -0.05) is 38.1 Å². The fourth-order valence-electron chi connectivity index (χ4n) is 3.49. The van der Waals surface area contributed by atoms with E-state index < -0.39 is 0 Å². The zero-order valence-corrected chi connectivity index (χ0v) is 13.2. The van der Waals surface area contributed by atoms with Crippen molar-refractivity contribution >= 4 is 5.91 Å². The van der Waals surface area contributed by atoms with E-state index in [1.165, 1.54) is 17.5 Å². The van der Waals surface area contributed by atoms with Crippen LogP contribution >= 0.6 is 0 Å². The molecule has 1 saturated heterocycles. The minimum atomic E-state index is -0.0406. The van der Waals surface area contributed by atoms with E-state index >= 15 is 0 Å². The quantitative estimate of drug-likeness (QED) is 0.861. The Hall–Kier alpha value is -1.35. The van der Waals surface area contributed by atoms with E-state index in [1.807, 2.05) is 0 Å².